The molecule has 1 atom stereocenters. The fourth-order valence-electron chi connectivity index (χ4n) is 4.54. The molecule has 2 N–H and O–H groups in total. The molecular formula is C20H42N4. The fourth-order valence-corrected chi connectivity index (χ4v) is 4.54. The molecule has 1 heterocycles. The van der Waals surface area contributed by atoms with Crippen molar-refractivity contribution in [2.75, 3.05) is 26.2 Å². The quantitative estimate of drug-likeness (QED) is 0.712. The summed E-state index contributed by atoms with van der Waals surface area (Å²) >= 11 is 0. The summed E-state index contributed by atoms with van der Waals surface area (Å²) in [5.74, 6) is 0. The smallest absolute Gasteiger partial charge is 0.0169 e. The Kier molecular flexibility index (Phi) is 7.12. The highest BCUT2D eigenvalue weighted by Crippen LogP contribution is 2.26. The number of piperazine rings is 1. The van der Waals surface area contributed by atoms with Crippen LogP contribution in [-0.4, -0.2) is 71.7 Å². The van der Waals surface area contributed by atoms with Crippen molar-refractivity contribution in [1.82, 2.24) is 20.4 Å². The summed E-state index contributed by atoms with van der Waals surface area (Å²) in [5.41, 5.74) is 0.287. The molecule has 1 aliphatic carbocycles. The van der Waals surface area contributed by atoms with Crippen molar-refractivity contribution in [3.8, 4) is 0 Å². The molecule has 2 aliphatic rings. The molecule has 24 heavy (non-hydrogen) atoms. The van der Waals surface area contributed by atoms with E-state index in [4.69, 9.17) is 0 Å². The van der Waals surface area contributed by atoms with E-state index in [1.165, 1.54) is 45.4 Å². The summed E-state index contributed by atoms with van der Waals surface area (Å²) in [6.07, 6.45) is 3.81. The molecule has 0 spiro atoms. The zero-order chi connectivity index (χ0) is 17.9. The average molecular weight is 339 g/mol. The van der Waals surface area contributed by atoms with Gasteiger partial charge < -0.3 is 10.6 Å². The summed E-state index contributed by atoms with van der Waals surface area (Å²) in [6.45, 7) is 21.2. The molecule has 0 aromatic heterocycles. The SMILES string of the molecule is CC(C)NC1CC(NC(C)CC(C)(C)N2CCN(C(C)C)CC2)C1. The lowest BCUT2D eigenvalue weighted by Gasteiger charge is -2.47. The van der Waals surface area contributed by atoms with Gasteiger partial charge in [-0.2, -0.15) is 0 Å². The lowest BCUT2D eigenvalue weighted by molar-refractivity contribution is 0.0298. The van der Waals surface area contributed by atoms with Crippen LogP contribution in [0.1, 0.15) is 67.7 Å². The maximum atomic E-state index is 3.86. The normalized spacial score (nSPS) is 28.4. The Bertz CT molecular complexity index is 366. The molecule has 1 aliphatic heterocycles. The molecule has 0 bridgehead atoms. The van der Waals surface area contributed by atoms with Crippen LogP contribution in [0.5, 0.6) is 0 Å². The number of hydrogen-bond acceptors (Lipinski definition) is 4. The highest BCUT2D eigenvalue weighted by molar-refractivity contribution is 4.94. The van der Waals surface area contributed by atoms with E-state index in [0.717, 1.165) is 6.04 Å². The molecule has 1 unspecified atom stereocenters. The molecule has 0 radical (unpaired) electrons. The molecule has 0 aromatic carbocycles. The van der Waals surface area contributed by atoms with Gasteiger partial charge in [0.05, 0.1) is 0 Å². The molecule has 2 fully saturated rings. The van der Waals surface area contributed by atoms with Gasteiger partial charge in [-0.05, 0) is 53.9 Å². The van der Waals surface area contributed by atoms with Gasteiger partial charge in [0.1, 0.15) is 0 Å². The van der Waals surface area contributed by atoms with Gasteiger partial charge in [-0.25, -0.2) is 0 Å². The summed E-state index contributed by atoms with van der Waals surface area (Å²) in [6, 6.07) is 3.32. The van der Waals surface area contributed by atoms with Crippen LogP contribution in [0.4, 0.5) is 0 Å². The van der Waals surface area contributed by atoms with E-state index < -0.39 is 0 Å². The Morgan fingerprint density at radius 2 is 1.42 bits per heavy atom. The number of hydrogen-bond donors (Lipinski definition) is 2. The number of nitrogens with zero attached hydrogens (tertiary/aromatic N) is 2. The van der Waals surface area contributed by atoms with E-state index in [0.29, 0.717) is 24.2 Å². The maximum absolute atomic E-state index is 3.86. The average Bonchev–Trinajstić information content (AvgIpc) is 2.44. The van der Waals surface area contributed by atoms with Gasteiger partial charge in [-0.15, -0.1) is 0 Å². The third-order valence-electron chi connectivity index (χ3n) is 5.93. The minimum Gasteiger partial charge on any atom is -0.312 e. The van der Waals surface area contributed by atoms with Crippen molar-refractivity contribution in [2.45, 2.75) is 103 Å². The van der Waals surface area contributed by atoms with Crippen LogP contribution in [0.2, 0.25) is 0 Å². The van der Waals surface area contributed by atoms with Crippen LogP contribution in [0.25, 0.3) is 0 Å². The van der Waals surface area contributed by atoms with Gasteiger partial charge in [0, 0.05) is 61.9 Å². The van der Waals surface area contributed by atoms with Crippen molar-refractivity contribution in [3.05, 3.63) is 0 Å². The fraction of sp³-hybridized carbons (Fsp3) is 1.00. The molecule has 4 nitrogen and oxygen atoms in total. The van der Waals surface area contributed by atoms with Gasteiger partial charge in [-0.1, -0.05) is 13.8 Å². The molecule has 1 saturated heterocycles. The largest absolute Gasteiger partial charge is 0.312 e. The van der Waals surface area contributed by atoms with Gasteiger partial charge in [-0.3, -0.25) is 9.80 Å². The summed E-state index contributed by atoms with van der Waals surface area (Å²) < 4.78 is 0. The van der Waals surface area contributed by atoms with Crippen LogP contribution in [0, 0.1) is 0 Å². The molecule has 1 saturated carbocycles. The van der Waals surface area contributed by atoms with Crippen molar-refractivity contribution < 1.29 is 0 Å². The number of rotatable bonds is 8. The van der Waals surface area contributed by atoms with E-state index in [1.807, 2.05) is 0 Å². The molecule has 2 rings (SSSR count). The highest BCUT2D eigenvalue weighted by atomic mass is 15.3. The topological polar surface area (TPSA) is 30.5 Å². The Morgan fingerprint density at radius 3 is 1.92 bits per heavy atom. The Balaban J connectivity index is 1.70. The zero-order valence-electron chi connectivity index (χ0n) is 17.2. The van der Waals surface area contributed by atoms with Crippen molar-refractivity contribution in [2.24, 2.45) is 0 Å². The second-order valence-electron chi connectivity index (χ2n) is 9.39. The van der Waals surface area contributed by atoms with Crippen LogP contribution >= 0.6 is 0 Å². The Morgan fingerprint density at radius 1 is 0.875 bits per heavy atom. The van der Waals surface area contributed by atoms with Gasteiger partial charge in [0.2, 0.25) is 0 Å². The van der Waals surface area contributed by atoms with Crippen molar-refractivity contribution >= 4 is 0 Å². The van der Waals surface area contributed by atoms with Crippen molar-refractivity contribution in [3.63, 3.8) is 0 Å². The standard InChI is InChI=1S/C20H42N4/c1-15(2)21-18-12-19(13-18)22-17(5)14-20(6,7)24-10-8-23(9-11-24)16(3)4/h15-19,21-22H,8-14H2,1-7H3. The Labute approximate surface area is 150 Å². The predicted molar refractivity (Wildman–Crippen MR) is 105 cm³/mol. The van der Waals surface area contributed by atoms with Crippen LogP contribution in [0.15, 0.2) is 0 Å². The predicted octanol–water partition coefficient (Wildman–Crippen LogP) is 2.69. The van der Waals surface area contributed by atoms with E-state index >= 15 is 0 Å². The lowest BCUT2D eigenvalue weighted by atomic mass is 9.84. The van der Waals surface area contributed by atoms with Crippen LogP contribution < -0.4 is 10.6 Å². The van der Waals surface area contributed by atoms with Crippen LogP contribution in [-0.2, 0) is 0 Å². The minimum atomic E-state index is 0.287. The third kappa shape index (κ3) is 5.69. The van der Waals surface area contributed by atoms with E-state index in [9.17, 15) is 0 Å². The monoisotopic (exact) mass is 338 g/mol. The van der Waals surface area contributed by atoms with Gasteiger partial charge in [0.25, 0.3) is 0 Å². The van der Waals surface area contributed by atoms with Crippen molar-refractivity contribution in [1.29, 1.82) is 0 Å². The van der Waals surface area contributed by atoms with E-state index in [1.54, 1.807) is 0 Å². The Hall–Kier alpha value is -0.160. The van der Waals surface area contributed by atoms with E-state index in [2.05, 4.69) is 68.9 Å². The molecular weight excluding hydrogens is 296 g/mol. The molecule has 0 amide bonds. The second-order valence-corrected chi connectivity index (χ2v) is 9.39. The molecule has 142 valence electrons. The third-order valence-corrected chi connectivity index (χ3v) is 5.93. The lowest BCUT2D eigenvalue weighted by Crippen LogP contribution is -2.59. The minimum absolute atomic E-state index is 0.287. The zero-order valence-corrected chi connectivity index (χ0v) is 17.2. The summed E-state index contributed by atoms with van der Waals surface area (Å²) in [5, 5.41) is 7.51. The molecule has 0 aromatic rings. The first-order valence-corrected chi connectivity index (χ1v) is 10.2. The second kappa shape index (κ2) is 8.48. The summed E-state index contributed by atoms with van der Waals surface area (Å²) in [4.78, 5) is 5.30. The van der Waals surface area contributed by atoms with Gasteiger partial charge >= 0.3 is 0 Å². The van der Waals surface area contributed by atoms with Crippen LogP contribution in [0.3, 0.4) is 0 Å². The van der Waals surface area contributed by atoms with E-state index in [-0.39, 0.29) is 5.54 Å². The first-order chi connectivity index (χ1) is 11.2. The summed E-state index contributed by atoms with van der Waals surface area (Å²) in [7, 11) is 0. The first kappa shape index (κ1) is 20.2. The maximum Gasteiger partial charge on any atom is 0.0169 e. The molecule has 4 heteroatoms. The van der Waals surface area contributed by atoms with Gasteiger partial charge in [0.15, 0.2) is 0 Å². The first-order valence-electron chi connectivity index (χ1n) is 10.2. The number of nitrogens with one attached hydrogen (secondary N) is 2. The highest BCUT2D eigenvalue weighted by Gasteiger charge is 2.34.